The predicted octanol–water partition coefficient (Wildman–Crippen LogP) is 15.2. The van der Waals surface area contributed by atoms with Crippen molar-refractivity contribution in [3.05, 3.63) is 218 Å². The minimum atomic E-state index is 0.875. The van der Waals surface area contributed by atoms with Gasteiger partial charge in [-0.1, -0.05) is 158 Å². The first kappa shape index (κ1) is 32.8. The van der Waals surface area contributed by atoms with E-state index in [1.165, 1.54) is 38.5 Å². The first-order valence-corrected chi connectivity index (χ1v) is 19.4. The lowest BCUT2D eigenvalue weighted by atomic mass is 9.97. The third-order valence-electron chi connectivity index (χ3n) is 11.2. The summed E-state index contributed by atoms with van der Waals surface area (Å²) in [6, 6.07) is 78.2. The molecule has 0 aliphatic rings. The van der Waals surface area contributed by atoms with Crippen LogP contribution in [-0.4, -0.2) is 4.57 Å². The molecule has 0 unspecified atom stereocenters. The zero-order chi connectivity index (χ0) is 37.7. The fourth-order valence-corrected chi connectivity index (χ4v) is 8.57. The highest BCUT2D eigenvalue weighted by atomic mass is 16.3. The Morgan fingerprint density at radius 2 is 0.930 bits per heavy atom. The number of furan rings is 1. The molecule has 0 saturated heterocycles. The zero-order valence-electron chi connectivity index (χ0n) is 31.1. The maximum Gasteiger partial charge on any atom is 0.135 e. The molecule has 0 amide bonds. The van der Waals surface area contributed by atoms with Crippen LogP contribution in [0, 0.1) is 0 Å². The zero-order valence-corrected chi connectivity index (χ0v) is 31.1. The topological polar surface area (TPSA) is 21.3 Å². The summed E-state index contributed by atoms with van der Waals surface area (Å²) in [5, 5.41) is 4.63. The van der Waals surface area contributed by atoms with Gasteiger partial charge in [0.25, 0.3) is 0 Å². The van der Waals surface area contributed by atoms with E-state index >= 15 is 0 Å². The molecule has 11 rings (SSSR count). The van der Waals surface area contributed by atoms with E-state index in [9.17, 15) is 0 Å². The highest BCUT2D eigenvalue weighted by Gasteiger charge is 2.22. The Morgan fingerprint density at radius 3 is 1.74 bits per heavy atom. The third kappa shape index (κ3) is 5.60. The Labute approximate surface area is 330 Å². The van der Waals surface area contributed by atoms with Crippen LogP contribution in [0.5, 0.6) is 0 Å². The van der Waals surface area contributed by atoms with Crippen molar-refractivity contribution in [1.29, 1.82) is 0 Å². The van der Waals surface area contributed by atoms with Gasteiger partial charge in [-0.3, -0.25) is 0 Å². The molecule has 2 aromatic heterocycles. The quantitative estimate of drug-likeness (QED) is 0.163. The maximum atomic E-state index is 6.30. The Balaban J connectivity index is 1.16. The Kier molecular flexibility index (Phi) is 7.82. The molecule has 2 heterocycles. The van der Waals surface area contributed by atoms with Crippen LogP contribution in [0.4, 0.5) is 17.1 Å². The molecule has 0 atom stereocenters. The molecule has 0 aliphatic carbocycles. The van der Waals surface area contributed by atoms with Gasteiger partial charge in [-0.2, -0.15) is 0 Å². The van der Waals surface area contributed by atoms with Crippen molar-refractivity contribution in [2.24, 2.45) is 0 Å². The molecular weight excluding hydrogens is 693 g/mol. The van der Waals surface area contributed by atoms with E-state index in [1.807, 2.05) is 12.1 Å². The molecule has 11 aromatic rings. The molecule has 57 heavy (non-hydrogen) atoms. The van der Waals surface area contributed by atoms with Crippen LogP contribution in [0.2, 0.25) is 0 Å². The fraction of sp³-hybridized carbons (Fsp3) is 0. The van der Waals surface area contributed by atoms with E-state index in [2.05, 4.69) is 216 Å². The van der Waals surface area contributed by atoms with Gasteiger partial charge in [0.15, 0.2) is 0 Å². The molecule has 0 aliphatic heterocycles. The minimum Gasteiger partial charge on any atom is -0.456 e. The van der Waals surface area contributed by atoms with Crippen LogP contribution >= 0.6 is 0 Å². The first-order valence-electron chi connectivity index (χ1n) is 19.4. The number of rotatable bonds is 7. The second-order valence-electron chi connectivity index (χ2n) is 14.5. The largest absolute Gasteiger partial charge is 0.456 e. The normalized spacial score (nSPS) is 11.5. The molecule has 3 nitrogen and oxygen atoms in total. The SMILES string of the molecule is c1ccc(-c2ccc(-c3cccc4c3c3ccc(N(c5ccc6oc7ccccc7c6c5)c5ccccc5-c5ccccc5)cc3n4-c3ccccc3)cc2)cc1. The van der Waals surface area contributed by atoms with E-state index in [0.717, 1.165) is 61.3 Å². The number of nitrogens with zero attached hydrogens (tertiary/aromatic N) is 2. The van der Waals surface area contributed by atoms with Crippen LogP contribution in [-0.2, 0) is 0 Å². The number of hydrogen-bond acceptors (Lipinski definition) is 2. The highest BCUT2D eigenvalue weighted by molar-refractivity contribution is 6.17. The summed E-state index contributed by atoms with van der Waals surface area (Å²) in [7, 11) is 0. The van der Waals surface area contributed by atoms with Crippen molar-refractivity contribution < 1.29 is 4.42 Å². The van der Waals surface area contributed by atoms with Crippen molar-refractivity contribution in [1.82, 2.24) is 4.57 Å². The van der Waals surface area contributed by atoms with E-state index < -0.39 is 0 Å². The summed E-state index contributed by atoms with van der Waals surface area (Å²) >= 11 is 0. The van der Waals surface area contributed by atoms with Gasteiger partial charge in [0, 0.05) is 44.2 Å². The minimum absolute atomic E-state index is 0.875. The summed E-state index contributed by atoms with van der Waals surface area (Å²) in [4.78, 5) is 2.40. The van der Waals surface area contributed by atoms with E-state index in [4.69, 9.17) is 4.42 Å². The van der Waals surface area contributed by atoms with E-state index in [-0.39, 0.29) is 0 Å². The molecule has 0 bridgehead atoms. The Hall–Kier alpha value is -7.62. The molecule has 0 N–H and O–H groups in total. The molecule has 9 aromatic carbocycles. The highest BCUT2D eigenvalue weighted by Crippen LogP contribution is 2.46. The Morgan fingerprint density at radius 1 is 0.351 bits per heavy atom. The van der Waals surface area contributed by atoms with Crippen molar-refractivity contribution >= 4 is 60.8 Å². The number of hydrogen-bond donors (Lipinski definition) is 0. The summed E-state index contributed by atoms with van der Waals surface area (Å²) < 4.78 is 8.72. The lowest BCUT2D eigenvalue weighted by Gasteiger charge is -2.28. The van der Waals surface area contributed by atoms with Crippen molar-refractivity contribution in [2.45, 2.75) is 0 Å². The van der Waals surface area contributed by atoms with Gasteiger partial charge >= 0.3 is 0 Å². The summed E-state index contributed by atoms with van der Waals surface area (Å²) in [5.74, 6) is 0. The smallest absolute Gasteiger partial charge is 0.135 e. The molecular formula is C54H36N2O. The second-order valence-corrected chi connectivity index (χ2v) is 14.5. The van der Waals surface area contributed by atoms with E-state index in [0.29, 0.717) is 0 Å². The van der Waals surface area contributed by atoms with Gasteiger partial charge in [0.1, 0.15) is 11.2 Å². The molecule has 3 heteroatoms. The fourth-order valence-electron chi connectivity index (χ4n) is 8.57. The van der Waals surface area contributed by atoms with Gasteiger partial charge < -0.3 is 13.9 Å². The van der Waals surface area contributed by atoms with Crippen LogP contribution in [0.1, 0.15) is 0 Å². The number of aromatic nitrogens is 1. The molecule has 0 fully saturated rings. The average Bonchev–Trinajstić information content (AvgIpc) is 3.83. The summed E-state index contributed by atoms with van der Waals surface area (Å²) in [6.07, 6.45) is 0. The first-order chi connectivity index (χ1) is 28.3. The monoisotopic (exact) mass is 728 g/mol. The summed E-state index contributed by atoms with van der Waals surface area (Å²) in [6.45, 7) is 0. The number of benzene rings is 9. The maximum absolute atomic E-state index is 6.30. The average molecular weight is 729 g/mol. The van der Waals surface area contributed by atoms with Gasteiger partial charge in [-0.25, -0.2) is 0 Å². The molecule has 0 radical (unpaired) electrons. The van der Waals surface area contributed by atoms with Gasteiger partial charge in [0.05, 0.1) is 16.7 Å². The van der Waals surface area contributed by atoms with Crippen LogP contribution in [0.25, 0.3) is 82.8 Å². The second kappa shape index (κ2) is 13.6. The van der Waals surface area contributed by atoms with Crippen molar-refractivity contribution in [3.8, 4) is 39.1 Å². The summed E-state index contributed by atoms with van der Waals surface area (Å²) in [5.41, 5.74) is 15.5. The standard InChI is InChI=1S/C54H36N2O/c1-4-15-37(16-5-1)38-27-29-40(30-28-38)45-23-14-25-50-54(45)47-33-31-43(36-51(47)56(50)41-19-8-3-9-20-41)55(49-24-12-10-21-44(49)39-17-6-2-7-18-39)42-32-34-53-48(35-42)46-22-11-13-26-52(46)57-53/h1-36H. The van der Waals surface area contributed by atoms with Crippen molar-refractivity contribution in [2.75, 3.05) is 4.90 Å². The van der Waals surface area contributed by atoms with Crippen molar-refractivity contribution in [3.63, 3.8) is 0 Å². The molecule has 0 saturated carbocycles. The van der Waals surface area contributed by atoms with Gasteiger partial charge in [-0.05, 0) is 88.5 Å². The Bertz CT molecular complexity index is 3220. The van der Waals surface area contributed by atoms with E-state index in [1.54, 1.807) is 0 Å². The predicted molar refractivity (Wildman–Crippen MR) is 239 cm³/mol. The van der Waals surface area contributed by atoms with Gasteiger partial charge in [0.2, 0.25) is 0 Å². The number of para-hydroxylation sites is 3. The number of anilines is 3. The lowest BCUT2D eigenvalue weighted by Crippen LogP contribution is -2.11. The number of fused-ring (bicyclic) bond motifs is 6. The lowest BCUT2D eigenvalue weighted by molar-refractivity contribution is 0.669. The molecule has 268 valence electrons. The van der Waals surface area contributed by atoms with Crippen LogP contribution < -0.4 is 4.90 Å². The van der Waals surface area contributed by atoms with Crippen LogP contribution in [0.15, 0.2) is 223 Å². The third-order valence-corrected chi connectivity index (χ3v) is 11.2. The van der Waals surface area contributed by atoms with Crippen LogP contribution in [0.3, 0.4) is 0 Å². The van der Waals surface area contributed by atoms with Gasteiger partial charge in [-0.15, -0.1) is 0 Å². The molecule has 0 spiro atoms.